The minimum atomic E-state index is -0.969. The van der Waals surface area contributed by atoms with E-state index >= 15 is 0 Å². The Kier molecular flexibility index (Phi) is 4.17. The summed E-state index contributed by atoms with van der Waals surface area (Å²) in [5, 5.41) is 10.1. The molecular formula is C15H13ClF2O. The number of aliphatic hydroxyl groups excluding tert-OH is 1. The van der Waals surface area contributed by atoms with Gasteiger partial charge >= 0.3 is 0 Å². The molecule has 0 amide bonds. The van der Waals surface area contributed by atoms with Crippen molar-refractivity contribution in [3.05, 3.63) is 69.7 Å². The molecule has 0 saturated heterocycles. The predicted molar refractivity (Wildman–Crippen MR) is 71.2 cm³/mol. The molecule has 2 rings (SSSR count). The summed E-state index contributed by atoms with van der Waals surface area (Å²) in [4.78, 5) is 0. The van der Waals surface area contributed by atoms with Crippen LogP contribution < -0.4 is 0 Å². The Morgan fingerprint density at radius 2 is 1.95 bits per heavy atom. The molecule has 4 heteroatoms. The Balaban J connectivity index is 2.28. The average Bonchev–Trinajstić information content (AvgIpc) is 2.38. The van der Waals surface area contributed by atoms with E-state index in [2.05, 4.69) is 0 Å². The van der Waals surface area contributed by atoms with Gasteiger partial charge in [-0.25, -0.2) is 8.78 Å². The predicted octanol–water partition coefficient (Wildman–Crippen LogP) is 4.20. The molecule has 0 aromatic heterocycles. The van der Waals surface area contributed by atoms with Gasteiger partial charge in [-0.1, -0.05) is 29.8 Å². The maximum atomic E-state index is 13.7. The Morgan fingerprint density at radius 1 is 1.21 bits per heavy atom. The van der Waals surface area contributed by atoms with Gasteiger partial charge in [0.05, 0.1) is 11.1 Å². The Labute approximate surface area is 115 Å². The molecule has 0 aliphatic heterocycles. The van der Waals surface area contributed by atoms with Crippen molar-refractivity contribution < 1.29 is 13.9 Å². The van der Waals surface area contributed by atoms with E-state index in [9.17, 15) is 13.9 Å². The molecule has 0 fully saturated rings. The average molecular weight is 283 g/mol. The van der Waals surface area contributed by atoms with E-state index in [4.69, 9.17) is 11.6 Å². The molecule has 0 radical (unpaired) electrons. The van der Waals surface area contributed by atoms with E-state index in [-0.39, 0.29) is 11.4 Å². The maximum Gasteiger partial charge on any atom is 0.145 e. The van der Waals surface area contributed by atoms with Crippen LogP contribution in [0.2, 0.25) is 5.02 Å². The van der Waals surface area contributed by atoms with Gasteiger partial charge in [0.25, 0.3) is 0 Å². The summed E-state index contributed by atoms with van der Waals surface area (Å²) in [5.41, 5.74) is 1.53. The lowest BCUT2D eigenvalue weighted by atomic mass is 9.97. The first-order chi connectivity index (χ1) is 8.99. The van der Waals surface area contributed by atoms with Crippen LogP contribution in [0.5, 0.6) is 0 Å². The summed E-state index contributed by atoms with van der Waals surface area (Å²) in [6, 6.07) is 8.79. The number of rotatable bonds is 3. The minimum absolute atomic E-state index is 0.0145. The van der Waals surface area contributed by atoms with Crippen molar-refractivity contribution in [1.29, 1.82) is 0 Å². The third-order valence-electron chi connectivity index (χ3n) is 3.05. The number of hydrogen-bond acceptors (Lipinski definition) is 1. The van der Waals surface area contributed by atoms with Crippen molar-refractivity contribution in [2.45, 2.75) is 19.4 Å². The summed E-state index contributed by atoms with van der Waals surface area (Å²) >= 11 is 5.68. The second kappa shape index (κ2) is 5.68. The highest BCUT2D eigenvalue weighted by Crippen LogP contribution is 2.26. The van der Waals surface area contributed by atoms with Crippen LogP contribution in [0.15, 0.2) is 36.4 Å². The fraction of sp³-hybridized carbons (Fsp3) is 0.200. The van der Waals surface area contributed by atoms with Crippen LogP contribution >= 0.6 is 11.6 Å². The molecule has 2 aromatic rings. The fourth-order valence-corrected chi connectivity index (χ4v) is 2.19. The Bertz CT molecular complexity index is 599. The van der Waals surface area contributed by atoms with Crippen LogP contribution in [0.25, 0.3) is 0 Å². The van der Waals surface area contributed by atoms with Crippen molar-refractivity contribution in [3.63, 3.8) is 0 Å². The molecule has 2 aromatic carbocycles. The second-order valence-electron chi connectivity index (χ2n) is 4.43. The van der Waals surface area contributed by atoms with Gasteiger partial charge in [-0.2, -0.15) is 0 Å². The molecule has 1 N–H and O–H groups in total. The molecule has 100 valence electrons. The molecule has 0 saturated carbocycles. The summed E-state index contributed by atoms with van der Waals surface area (Å²) in [7, 11) is 0. The first-order valence-electron chi connectivity index (χ1n) is 5.86. The van der Waals surface area contributed by atoms with Gasteiger partial charge in [0.2, 0.25) is 0 Å². The maximum absolute atomic E-state index is 13.7. The van der Waals surface area contributed by atoms with Crippen molar-refractivity contribution in [2.24, 2.45) is 0 Å². The molecule has 0 aliphatic rings. The van der Waals surface area contributed by atoms with Gasteiger partial charge in [0.15, 0.2) is 0 Å². The van der Waals surface area contributed by atoms with Crippen molar-refractivity contribution in [1.82, 2.24) is 0 Å². The van der Waals surface area contributed by atoms with Crippen molar-refractivity contribution >= 4 is 11.6 Å². The summed E-state index contributed by atoms with van der Waals surface area (Å²) in [6.07, 6.45) is -0.917. The summed E-state index contributed by atoms with van der Waals surface area (Å²) in [6.45, 7) is 1.77. The largest absolute Gasteiger partial charge is 0.388 e. The van der Waals surface area contributed by atoms with E-state index < -0.39 is 17.7 Å². The molecular weight excluding hydrogens is 270 g/mol. The van der Waals surface area contributed by atoms with E-state index in [1.165, 1.54) is 18.2 Å². The Morgan fingerprint density at radius 3 is 2.68 bits per heavy atom. The molecule has 0 spiro atoms. The van der Waals surface area contributed by atoms with Crippen LogP contribution in [-0.4, -0.2) is 5.11 Å². The van der Waals surface area contributed by atoms with Crippen molar-refractivity contribution in [2.75, 3.05) is 0 Å². The molecule has 1 atom stereocenters. The van der Waals surface area contributed by atoms with Crippen LogP contribution in [0, 0.1) is 18.6 Å². The number of aliphatic hydroxyl groups is 1. The van der Waals surface area contributed by atoms with Gasteiger partial charge in [-0.15, -0.1) is 0 Å². The monoisotopic (exact) mass is 282 g/mol. The van der Waals surface area contributed by atoms with E-state index in [1.54, 1.807) is 25.1 Å². The zero-order valence-corrected chi connectivity index (χ0v) is 11.1. The number of aryl methyl sites for hydroxylation is 1. The third kappa shape index (κ3) is 3.11. The third-order valence-corrected chi connectivity index (χ3v) is 3.34. The first kappa shape index (κ1) is 14.0. The van der Waals surface area contributed by atoms with Crippen LogP contribution in [0.3, 0.4) is 0 Å². The molecule has 1 nitrogen and oxygen atoms in total. The van der Waals surface area contributed by atoms with Gasteiger partial charge in [-0.05, 0) is 41.8 Å². The van der Waals surface area contributed by atoms with Gasteiger partial charge < -0.3 is 5.11 Å². The molecule has 19 heavy (non-hydrogen) atoms. The SMILES string of the molecule is Cc1ccc(F)cc1C(O)Cc1cccc(Cl)c1F. The van der Waals surface area contributed by atoms with Gasteiger partial charge in [0.1, 0.15) is 11.6 Å². The molecule has 1 unspecified atom stereocenters. The van der Waals surface area contributed by atoms with Gasteiger partial charge in [-0.3, -0.25) is 0 Å². The number of hydrogen-bond donors (Lipinski definition) is 1. The highest BCUT2D eigenvalue weighted by molar-refractivity contribution is 6.30. The van der Waals surface area contributed by atoms with Gasteiger partial charge in [0, 0.05) is 6.42 Å². The molecule has 0 bridgehead atoms. The Hall–Kier alpha value is -1.45. The normalized spacial score (nSPS) is 12.5. The topological polar surface area (TPSA) is 20.2 Å². The number of halogens is 3. The quantitative estimate of drug-likeness (QED) is 0.894. The van der Waals surface area contributed by atoms with Crippen molar-refractivity contribution in [3.8, 4) is 0 Å². The second-order valence-corrected chi connectivity index (χ2v) is 4.84. The van der Waals surface area contributed by atoms with E-state index in [1.807, 2.05) is 0 Å². The lowest BCUT2D eigenvalue weighted by molar-refractivity contribution is 0.176. The van der Waals surface area contributed by atoms with Crippen LogP contribution in [0.1, 0.15) is 22.8 Å². The van der Waals surface area contributed by atoms with E-state index in [0.717, 1.165) is 5.56 Å². The lowest BCUT2D eigenvalue weighted by Gasteiger charge is -2.14. The summed E-state index contributed by atoms with van der Waals surface area (Å²) < 4.78 is 26.9. The highest BCUT2D eigenvalue weighted by Gasteiger charge is 2.15. The number of benzene rings is 2. The van der Waals surface area contributed by atoms with Crippen LogP contribution in [-0.2, 0) is 6.42 Å². The highest BCUT2D eigenvalue weighted by atomic mass is 35.5. The van der Waals surface area contributed by atoms with E-state index in [0.29, 0.717) is 11.1 Å². The fourth-order valence-electron chi connectivity index (χ4n) is 1.99. The summed E-state index contributed by atoms with van der Waals surface area (Å²) in [5.74, 6) is -0.969. The first-order valence-corrected chi connectivity index (χ1v) is 6.24. The zero-order valence-electron chi connectivity index (χ0n) is 10.3. The standard InChI is InChI=1S/C15H13ClF2O/c1-9-5-6-11(17)8-12(9)14(19)7-10-3-2-4-13(16)15(10)18/h2-6,8,14,19H,7H2,1H3. The van der Waals surface area contributed by atoms with Crippen LogP contribution in [0.4, 0.5) is 8.78 Å². The smallest absolute Gasteiger partial charge is 0.145 e. The zero-order chi connectivity index (χ0) is 14.0. The molecule has 0 aliphatic carbocycles. The molecule has 0 heterocycles. The minimum Gasteiger partial charge on any atom is -0.388 e. The lowest BCUT2D eigenvalue weighted by Crippen LogP contribution is -2.06.